The molecule has 56 heavy (non-hydrogen) atoms. The van der Waals surface area contributed by atoms with Crippen LogP contribution in [0.15, 0.2) is 197 Å². The third-order valence-corrected chi connectivity index (χ3v) is 11.3. The van der Waals surface area contributed by atoms with Crippen LogP contribution >= 0.6 is 0 Å². The number of nitriles is 1. The summed E-state index contributed by atoms with van der Waals surface area (Å²) in [6.45, 7) is 2.30. The van der Waals surface area contributed by atoms with E-state index in [4.69, 9.17) is 9.41 Å². The van der Waals surface area contributed by atoms with Gasteiger partial charge in [-0.25, -0.2) is 0 Å². The number of aliphatic imine (C=N–C) groups is 1. The highest BCUT2D eigenvalue weighted by atomic mass is 16.3. The molecule has 2 atom stereocenters. The smallest absolute Gasteiger partial charge is 0.143 e. The first-order valence-electron chi connectivity index (χ1n) is 19.1. The predicted molar refractivity (Wildman–Crippen MR) is 232 cm³/mol. The quantitative estimate of drug-likeness (QED) is 0.172. The predicted octanol–water partition coefficient (Wildman–Crippen LogP) is 13.9. The van der Waals surface area contributed by atoms with Gasteiger partial charge in [0.15, 0.2) is 0 Å². The van der Waals surface area contributed by atoms with Crippen LogP contribution in [0.5, 0.6) is 0 Å². The Morgan fingerprint density at radius 2 is 1.14 bits per heavy atom. The van der Waals surface area contributed by atoms with Crippen molar-refractivity contribution in [1.29, 1.82) is 5.26 Å². The Kier molecular flexibility index (Phi) is 8.24. The third kappa shape index (κ3) is 5.80. The zero-order valence-electron chi connectivity index (χ0n) is 30.9. The van der Waals surface area contributed by atoms with E-state index < -0.39 is 0 Å². The van der Waals surface area contributed by atoms with Gasteiger partial charge in [0, 0.05) is 33.6 Å². The summed E-state index contributed by atoms with van der Waals surface area (Å²) in [6, 6.07) is 66.1. The molecular weight excluding hydrogens is 681 g/mol. The van der Waals surface area contributed by atoms with Crippen molar-refractivity contribution in [3.05, 3.63) is 210 Å². The largest absolute Gasteiger partial charge is 0.455 e. The first kappa shape index (κ1) is 33.3. The van der Waals surface area contributed by atoms with Gasteiger partial charge in [0.1, 0.15) is 11.2 Å². The molecule has 1 aliphatic rings. The van der Waals surface area contributed by atoms with Crippen molar-refractivity contribution in [3.8, 4) is 39.4 Å². The Hall–Kier alpha value is -7.28. The van der Waals surface area contributed by atoms with E-state index in [2.05, 4.69) is 177 Å². The molecule has 0 saturated carbocycles. The minimum atomic E-state index is 0.124. The number of furan rings is 1. The zero-order valence-corrected chi connectivity index (χ0v) is 30.9. The monoisotopic (exact) mass is 716 g/mol. The number of fused-ring (bicyclic) bond motifs is 5. The van der Waals surface area contributed by atoms with Crippen molar-refractivity contribution < 1.29 is 4.42 Å². The van der Waals surface area contributed by atoms with Crippen molar-refractivity contribution in [1.82, 2.24) is 0 Å². The second kappa shape index (κ2) is 13.9. The van der Waals surface area contributed by atoms with Gasteiger partial charge in [0.05, 0.1) is 23.0 Å². The summed E-state index contributed by atoms with van der Waals surface area (Å²) in [5, 5.41) is 13.8. The van der Waals surface area contributed by atoms with Crippen molar-refractivity contribution in [2.45, 2.75) is 12.8 Å². The fourth-order valence-corrected chi connectivity index (χ4v) is 8.46. The van der Waals surface area contributed by atoms with E-state index in [0.717, 1.165) is 77.5 Å². The number of allylic oxidation sites excluding steroid dienone is 1. The molecule has 8 aromatic carbocycles. The van der Waals surface area contributed by atoms with E-state index in [9.17, 15) is 5.26 Å². The van der Waals surface area contributed by atoms with Gasteiger partial charge >= 0.3 is 0 Å². The van der Waals surface area contributed by atoms with E-state index in [1.165, 1.54) is 16.7 Å². The van der Waals surface area contributed by atoms with Crippen LogP contribution in [0.1, 0.15) is 35.1 Å². The van der Waals surface area contributed by atoms with E-state index in [-0.39, 0.29) is 11.8 Å². The fourth-order valence-electron chi connectivity index (χ4n) is 8.46. The fraction of sp³-hybridized carbons (Fsp3) is 0.0566. The molecular formula is C53H36N2O. The summed E-state index contributed by atoms with van der Waals surface area (Å²) in [5.74, 6) is 0.290. The number of benzene rings is 8. The van der Waals surface area contributed by atoms with Crippen molar-refractivity contribution in [3.63, 3.8) is 0 Å². The average Bonchev–Trinajstić information content (AvgIpc) is 3.66. The van der Waals surface area contributed by atoms with Crippen LogP contribution in [0, 0.1) is 17.2 Å². The van der Waals surface area contributed by atoms with Crippen LogP contribution in [0.4, 0.5) is 0 Å². The maximum absolute atomic E-state index is 9.44. The van der Waals surface area contributed by atoms with Gasteiger partial charge in [-0.15, -0.1) is 0 Å². The van der Waals surface area contributed by atoms with Crippen LogP contribution in [-0.2, 0) is 0 Å². The SMILES string of the molecule is CC1C(c2ccccc2)=NC(c2cccc(-c3ccccc3)c2)=CC1c1ccc(-c2cccc3oc4c5ccccc5c(-c5ccc(C#N)cc5)cc4c23)cc1. The lowest BCUT2D eigenvalue weighted by molar-refractivity contribution is 0.672. The van der Waals surface area contributed by atoms with Crippen molar-refractivity contribution >= 4 is 44.1 Å². The van der Waals surface area contributed by atoms with E-state index >= 15 is 0 Å². The van der Waals surface area contributed by atoms with Crippen LogP contribution in [0.3, 0.4) is 0 Å². The molecule has 0 fully saturated rings. The van der Waals surface area contributed by atoms with Crippen LogP contribution < -0.4 is 0 Å². The van der Waals surface area contributed by atoms with Crippen LogP contribution in [0.2, 0.25) is 0 Å². The molecule has 264 valence electrons. The Morgan fingerprint density at radius 3 is 1.89 bits per heavy atom. The standard InChI is InChI=1S/C53H36N2O/c1-34-46(32-49(55-52(34)40-14-6-3-7-15-40)42-17-10-16-41(30-42)36-12-4-2-5-13-36)38-28-26-37(27-29-38)43-20-11-21-50-51(43)48-31-47(39-24-22-35(33-54)23-25-39)44-18-8-9-19-45(44)53(48)56-50/h2-32,34,46H,1H3. The molecule has 9 aromatic rings. The van der Waals surface area contributed by atoms with Crippen molar-refractivity contribution in [2.24, 2.45) is 10.9 Å². The molecule has 3 nitrogen and oxygen atoms in total. The third-order valence-electron chi connectivity index (χ3n) is 11.3. The Balaban J connectivity index is 1.08. The maximum Gasteiger partial charge on any atom is 0.143 e. The molecule has 10 rings (SSSR count). The molecule has 0 saturated heterocycles. The van der Waals surface area contributed by atoms with Gasteiger partial charge in [-0.3, -0.25) is 4.99 Å². The first-order chi connectivity index (χ1) is 27.6. The van der Waals surface area contributed by atoms with Crippen LogP contribution in [-0.4, -0.2) is 5.71 Å². The summed E-state index contributed by atoms with van der Waals surface area (Å²) >= 11 is 0. The van der Waals surface area contributed by atoms with Gasteiger partial charge in [-0.05, 0) is 86.3 Å². The highest BCUT2D eigenvalue weighted by molar-refractivity contribution is 6.22. The van der Waals surface area contributed by atoms with Crippen molar-refractivity contribution in [2.75, 3.05) is 0 Å². The first-order valence-corrected chi connectivity index (χ1v) is 19.1. The molecule has 0 aliphatic carbocycles. The Bertz CT molecular complexity index is 3020. The molecule has 0 spiro atoms. The van der Waals surface area contributed by atoms with E-state index in [1.807, 2.05) is 24.3 Å². The van der Waals surface area contributed by atoms with Crippen LogP contribution in [0.25, 0.3) is 71.8 Å². The molecule has 2 unspecified atom stereocenters. The lowest BCUT2D eigenvalue weighted by atomic mass is 9.78. The normalized spacial score (nSPS) is 15.4. The minimum absolute atomic E-state index is 0.124. The lowest BCUT2D eigenvalue weighted by Gasteiger charge is -2.29. The molecule has 2 heterocycles. The minimum Gasteiger partial charge on any atom is -0.455 e. The second-order valence-electron chi connectivity index (χ2n) is 14.6. The molecule has 0 radical (unpaired) electrons. The van der Waals surface area contributed by atoms with E-state index in [0.29, 0.717) is 5.56 Å². The molecule has 0 N–H and O–H groups in total. The molecule has 1 aromatic heterocycles. The van der Waals surface area contributed by atoms with Gasteiger partial charge in [-0.2, -0.15) is 5.26 Å². The van der Waals surface area contributed by atoms with Gasteiger partial charge in [0.2, 0.25) is 0 Å². The molecule has 0 bridgehead atoms. The number of hydrogen-bond acceptors (Lipinski definition) is 3. The topological polar surface area (TPSA) is 49.3 Å². The van der Waals surface area contributed by atoms with Gasteiger partial charge in [0.25, 0.3) is 0 Å². The Morgan fingerprint density at radius 1 is 0.518 bits per heavy atom. The summed E-state index contributed by atoms with van der Waals surface area (Å²) in [4.78, 5) is 5.35. The van der Waals surface area contributed by atoms with E-state index in [1.54, 1.807) is 0 Å². The second-order valence-corrected chi connectivity index (χ2v) is 14.6. The zero-order chi connectivity index (χ0) is 37.6. The highest BCUT2D eigenvalue weighted by Crippen LogP contribution is 2.44. The lowest BCUT2D eigenvalue weighted by Crippen LogP contribution is -2.23. The number of nitrogens with zero attached hydrogens (tertiary/aromatic N) is 2. The summed E-state index contributed by atoms with van der Waals surface area (Å²) in [6.07, 6.45) is 2.36. The molecule has 1 aliphatic heterocycles. The molecule has 3 heteroatoms. The Labute approximate surface area is 326 Å². The number of rotatable bonds is 6. The summed E-state index contributed by atoms with van der Waals surface area (Å²) in [7, 11) is 0. The number of hydrogen-bond donors (Lipinski definition) is 0. The van der Waals surface area contributed by atoms with Gasteiger partial charge in [-0.1, -0.05) is 159 Å². The summed E-state index contributed by atoms with van der Waals surface area (Å²) in [5.41, 5.74) is 14.8. The average molecular weight is 717 g/mol. The summed E-state index contributed by atoms with van der Waals surface area (Å²) < 4.78 is 6.67. The maximum atomic E-state index is 9.44. The van der Waals surface area contributed by atoms with Gasteiger partial charge < -0.3 is 4.42 Å². The molecule has 0 amide bonds. The highest BCUT2D eigenvalue weighted by Gasteiger charge is 2.28.